The summed E-state index contributed by atoms with van der Waals surface area (Å²) in [6.07, 6.45) is -4.28. The summed E-state index contributed by atoms with van der Waals surface area (Å²) in [4.78, 5) is 0. The summed E-state index contributed by atoms with van der Waals surface area (Å²) in [6.45, 7) is 2.88. The number of alkyl halides is 3. The third-order valence-corrected chi connectivity index (χ3v) is 5.80. The molecule has 0 radical (unpaired) electrons. The Labute approximate surface area is 113 Å². The van der Waals surface area contributed by atoms with Crippen molar-refractivity contribution in [1.29, 1.82) is 0 Å². The second kappa shape index (κ2) is 4.08. The number of aromatic nitrogens is 2. The van der Waals surface area contributed by atoms with Crippen LogP contribution in [0.15, 0.2) is 0 Å². The van der Waals surface area contributed by atoms with Crippen molar-refractivity contribution in [3.8, 4) is 0 Å². The van der Waals surface area contributed by atoms with Crippen molar-refractivity contribution in [2.45, 2.75) is 32.0 Å². The van der Waals surface area contributed by atoms with Gasteiger partial charge in [-0.05, 0) is 20.3 Å². The average molecular weight is 314 g/mol. The molecule has 0 aliphatic carbocycles. The van der Waals surface area contributed by atoms with Gasteiger partial charge in [0.05, 0.1) is 17.0 Å². The predicted molar refractivity (Wildman–Crippen MR) is 66.3 cm³/mol. The first-order chi connectivity index (χ1) is 8.46. The van der Waals surface area contributed by atoms with E-state index >= 15 is 0 Å². The lowest BCUT2D eigenvalue weighted by atomic mass is 10.0. The van der Waals surface area contributed by atoms with Gasteiger partial charge in [0.15, 0.2) is 9.84 Å². The molecule has 9 heteroatoms. The van der Waals surface area contributed by atoms with E-state index in [9.17, 15) is 21.6 Å². The lowest BCUT2D eigenvalue weighted by molar-refractivity contribution is -0.142. The molecule has 4 nitrogen and oxygen atoms in total. The molecule has 19 heavy (non-hydrogen) atoms. The van der Waals surface area contributed by atoms with Gasteiger partial charge < -0.3 is 0 Å². The van der Waals surface area contributed by atoms with E-state index in [1.807, 2.05) is 0 Å². The van der Waals surface area contributed by atoms with E-state index in [4.69, 9.17) is 12.2 Å². The highest BCUT2D eigenvalue weighted by molar-refractivity contribution is 7.91. The summed E-state index contributed by atoms with van der Waals surface area (Å²) in [7, 11) is -3.23. The van der Waals surface area contributed by atoms with Crippen LogP contribution in [0, 0.1) is 11.6 Å². The minimum atomic E-state index is -4.53. The van der Waals surface area contributed by atoms with Crippen LogP contribution in [0.2, 0.25) is 0 Å². The van der Waals surface area contributed by atoms with E-state index in [-0.39, 0.29) is 28.1 Å². The Kier molecular flexibility index (Phi) is 3.13. The molecule has 1 saturated heterocycles. The van der Waals surface area contributed by atoms with Crippen molar-refractivity contribution >= 4 is 22.1 Å². The molecular formula is C10H13F3N2O2S2. The second-order valence-corrected chi connectivity index (χ2v) is 7.66. The average Bonchev–Trinajstić information content (AvgIpc) is 2.67. The smallest absolute Gasteiger partial charge is 0.292 e. The molecule has 1 aliphatic heterocycles. The highest BCUT2D eigenvalue weighted by Crippen LogP contribution is 2.35. The molecule has 1 N–H and O–H groups in total. The highest BCUT2D eigenvalue weighted by Gasteiger charge is 2.43. The summed E-state index contributed by atoms with van der Waals surface area (Å²) in [6, 6.07) is 0. The molecule has 2 rings (SSSR count). The summed E-state index contributed by atoms with van der Waals surface area (Å²) in [5.74, 6) is -0.240. The van der Waals surface area contributed by atoms with Crippen LogP contribution < -0.4 is 0 Å². The van der Waals surface area contributed by atoms with Gasteiger partial charge in [-0.15, -0.1) is 0 Å². The number of nitrogens with one attached hydrogen (secondary N) is 1. The molecule has 0 aromatic carbocycles. The lowest BCUT2D eigenvalue weighted by Gasteiger charge is -2.24. The fourth-order valence-corrected chi connectivity index (χ4v) is 4.83. The lowest BCUT2D eigenvalue weighted by Crippen LogP contribution is -2.33. The maximum Gasteiger partial charge on any atom is 0.433 e. The van der Waals surface area contributed by atoms with Crippen molar-refractivity contribution in [3.63, 3.8) is 0 Å². The van der Waals surface area contributed by atoms with E-state index in [1.54, 1.807) is 6.92 Å². The zero-order chi connectivity index (χ0) is 14.6. The number of hydrogen-bond donors (Lipinski definition) is 1. The predicted octanol–water partition coefficient (Wildman–Crippen LogP) is 2.41. The molecule has 1 fully saturated rings. The zero-order valence-corrected chi connectivity index (χ0v) is 12.0. The van der Waals surface area contributed by atoms with Gasteiger partial charge in [0, 0.05) is 5.56 Å². The van der Waals surface area contributed by atoms with E-state index < -0.39 is 27.2 Å². The summed E-state index contributed by atoms with van der Waals surface area (Å²) in [5.41, 5.74) is -1.93. The molecule has 1 aromatic rings. The minimum absolute atomic E-state index is 0.00641. The van der Waals surface area contributed by atoms with Crippen LogP contribution in [0.5, 0.6) is 0 Å². The molecule has 1 atom stereocenters. The van der Waals surface area contributed by atoms with Gasteiger partial charge in [-0.3, -0.25) is 9.78 Å². The van der Waals surface area contributed by atoms with Gasteiger partial charge >= 0.3 is 6.18 Å². The maximum absolute atomic E-state index is 12.8. The number of aromatic amines is 1. The van der Waals surface area contributed by atoms with Crippen LogP contribution in [0.25, 0.3) is 0 Å². The van der Waals surface area contributed by atoms with Gasteiger partial charge in [0.1, 0.15) is 10.3 Å². The largest absolute Gasteiger partial charge is 0.433 e. The Morgan fingerprint density at radius 3 is 2.37 bits per heavy atom. The fraction of sp³-hybridized carbons (Fsp3) is 0.700. The van der Waals surface area contributed by atoms with Crippen molar-refractivity contribution in [3.05, 3.63) is 15.9 Å². The number of hydrogen-bond acceptors (Lipinski definition) is 3. The van der Waals surface area contributed by atoms with Crippen molar-refractivity contribution in [1.82, 2.24) is 9.78 Å². The van der Waals surface area contributed by atoms with Gasteiger partial charge in [-0.25, -0.2) is 8.42 Å². The van der Waals surface area contributed by atoms with Crippen LogP contribution in [0.3, 0.4) is 0 Å². The molecule has 0 bridgehead atoms. The Hall–Kier alpha value is -0.830. The minimum Gasteiger partial charge on any atom is -0.292 e. The zero-order valence-electron chi connectivity index (χ0n) is 10.3. The molecule has 0 amide bonds. The van der Waals surface area contributed by atoms with Gasteiger partial charge in [0.2, 0.25) is 0 Å². The molecule has 0 saturated carbocycles. The van der Waals surface area contributed by atoms with Crippen LogP contribution in [-0.4, -0.2) is 29.7 Å². The molecule has 1 aromatic heterocycles. The van der Waals surface area contributed by atoms with Crippen LogP contribution in [-0.2, 0) is 21.6 Å². The first kappa shape index (κ1) is 14.6. The monoisotopic (exact) mass is 314 g/mol. The number of nitrogens with zero attached hydrogens (tertiary/aromatic N) is 1. The van der Waals surface area contributed by atoms with Gasteiger partial charge in [0.25, 0.3) is 0 Å². The number of halogens is 3. The quantitative estimate of drug-likeness (QED) is 0.810. The van der Waals surface area contributed by atoms with Gasteiger partial charge in [-0.2, -0.15) is 13.2 Å². The maximum atomic E-state index is 12.8. The Bertz CT molecular complexity index is 672. The molecule has 0 spiro atoms. The Morgan fingerprint density at radius 2 is 2.00 bits per heavy atom. The molecule has 2 heterocycles. The van der Waals surface area contributed by atoms with Gasteiger partial charge in [-0.1, -0.05) is 12.2 Å². The fourth-order valence-electron chi connectivity index (χ4n) is 2.35. The third kappa shape index (κ3) is 2.45. The topological polar surface area (TPSA) is 54.9 Å². The summed E-state index contributed by atoms with van der Waals surface area (Å²) in [5, 5.41) is 2.23. The summed E-state index contributed by atoms with van der Waals surface area (Å²) >= 11 is 5.00. The first-order valence-corrected chi connectivity index (χ1v) is 7.79. The molecular weight excluding hydrogens is 301 g/mol. The first-order valence-electron chi connectivity index (χ1n) is 5.56. The van der Waals surface area contributed by atoms with Crippen molar-refractivity contribution in [2.75, 3.05) is 11.5 Å². The third-order valence-electron chi connectivity index (χ3n) is 3.43. The van der Waals surface area contributed by atoms with Crippen LogP contribution in [0.1, 0.15) is 24.6 Å². The number of sulfone groups is 1. The summed E-state index contributed by atoms with van der Waals surface area (Å²) < 4.78 is 62.6. The van der Waals surface area contributed by atoms with Crippen molar-refractivity contribution < 1.29 is 21.6 Å². The second-order valence-electron chi connectivity index (χ2n) is 5.09. The van der Waals surface area contributed by atoms with Crippen LogP contribution in [0.4, 0.5) is 13.2 Å². The SMILES string of the molecule is Cc1c(C(F)(F)F)[nH]n(C2(C)CCS(=O)(=O)C2)c1=S. The number of rotatable bonds is 1. The van der Waals surface area contributed by atoms with Crippen molar-refractivity contribution in [2.24, 2.45) is 0 Å². The van der Waals surface area contributed by atoms with E-state index in [1.165, 1.54) is 11.6 Å². The van der Waals surface area contributed by atoms with E-state index in [2.05, 4.69) is 5.10 Å². The molecule has 1 unspecified atom stereocenters. The number of H-pyrrole nitrogens is 1. The van der Waals surface area contributed by atoms with Crippen LogP contribution >= 0.6 is 12.2 Å². The van der Waals surface area contributed by atoms with E-state index in [0.717, 1.165) is 0 Å². The Balaban J connectivity index is 2.57. The highest BCUT2D eigenvalue weighted by atomic mass is 32.2. The normalized spacial score (nSPS) is 26.8. The molecule has 108 valence electrons. The standard InChI is InChI=1S/C10H13F3N2O2S2/c1-6-7(10(11,12)13)14-15(8(6)18)9(2)3-4-19(16,17)5-9/h14H,3-5H2,1-2H3. The Morgan fingerprint density at radius 1 is 1.42 bits per heavy atom. The molecule has 1 aliphatic rings. The van der Waals surface area contributed by atoms with E-state index in [0.29, 0.717) is 0 Å².